The van der Waals surface area contributed by atoms with Gasteiger partial charge in [0, 0.05) is 17.0 Å². The summed E-state index contributed by atoms with van der Waals surface area (Å²) in [4.78, 5) is 16.0. The average Bonchev–Trinajstić information content (AvgIpc) is 2.92. The lowest BCUT2D eigenvalue weighted by molar-refractivity contribution is -0.120. The number of rotatable bonds is 6. The van der Waals surface area contributed by atoms with Crippen LogP contribution in [0.1, 0.15) is 16.3 Å². The van der Waals surface area contributed by atoms with E-state index in [-0.39, 0.29) is 12.3 Å². The van der Waals surface area contributed by atoms with Gasteiger partial charge in [-0.3, -0.25) is 4.79 Å². The largest absolute Gasteiger partial charge is 0.497 e. The number of carbonyl (C=O) groups excluding carboxylic acids is 1. The number of aryl methyl sites for hydroxylation is 1. The van der Waals surface area contributed by atoms with Crippen molar-refractivity contribution in [1.29, 1.82) is 0 Å². The second-order valence-electron chi connectivity index (χ2n) is 4.44. The summed E-state index contributed by atoms with van der Waals surface area (Å²) in [6, 6.07) is 5.35. The Morgan fingerprint density at radius 2 is 2.23 bits per heavy atom. The van der Waals surface area contributed by atoms with E-state index in [1.165, 1.54) is 17.6 Å². The standard InChI is InChI=1S/C15H17N3O3S/c1-10-17-12(9-22-10)6-15(19)18-16-8-11-4-5-13(20-2)7-14(11)21-3/h4-5,7-9H,6H2,1-3H3,(H,18,19)/b16-8-. The molecule has 0 spiro atoms. The van der Waals surface area contributed by atoms with E-state index in [2.05, 4.69) is 15.5 Å². The number of hydrogen-bond acceptors (Lipinski definition) is 6. The highest BCUT2D eigenvalue weighted by atomic mass is 32.1. The number of ether oxygens (including phenoxy) is 2. The molecule has 2 aromatic rings. The van der Waals surface area contributed by atoms with E-state index in [0.29, 0.717) is 11.5 Å². The third-order valence-corrected chi connectivity index (χ3v) is 3.66. The zero-order valence-corrected chi connectivity index (χ0v) is 13.4. The van der Waals surface area contributed by atoms with Crippen molar-refractivity contribution in [3.05, 3.63) is 39.8 Å². The lowest BCUT2D eigenvalue weighted by atomic mass is 10.2. The molecule has 0 aliphatic rings. The third kappa shape index (κ3) is 4.29. The second-order valence-corrected chi connectivity index (χ2v) is 5.50. The topological polar surface area (TPSA) is 72.8 Å². The normalized spacial score (nSPS) is 10.7. The van der Waals surface area contributed by atoms with E-state index in [1.54, 1.807) is 32.4 Å². The van der Waals surface area contributed by atoms with Gasteiger partial charge in [-0.1, -0.05) is 0 Å². The number of thiazole rings is 1. The fourth-order valence-electron chi connectivity index (χ4n) is 1.79. The number of benzene rings is 1. The molecule has 0 saturated heterocycles. The maximum Gasteiger partial charge on any atom is 0.246 e. The number of aromatic nitrogens is 1. The lowest BCUT2D eigenvalue weighted by Gasteiger charge is -2.06. The molecule has 2 rings (SSSR count). The summed E-state index contributed by atoms with van der Waals surface area (Å²) in [6.07, 6.45) is 1.74. The van der Waals surface area contributed by atoms with Gasteiger partial charge in [0.15, 0.2) is 0 Å². The lowest BCUT2D eigenvalue weighted by Crippen LogP contribution is -2.20. The quantitative estimate of drug-likeness (QED) is 0.654. The molecular formula is C15H17N3O3S. The van der Waals surface area contributed by atoms with Crippen molar-refractivity contribution in [2.24, 2.45) is 5.10 Å². The van der Waals surface area contributed by atoms with E-state index in [9.17, 15) is 4.79 Å². The number of nitrogens with one attached hydrogen (secondary N) is 1. The SMILES string of the molecule is COc1ccc(/C=N\NC(=O)Cc2csc(C)n2)c(OC)c1. The molecular weight excluding hydrogens is 302 g/mol. The van der Waals surface area contributed by atoms with Crippen LogP contribution in [0.5, 0.6) is 11.5 Å². The zero-order chi connectivity index (χ0) is 15.9. The van der Waals surface area contributed by atoms with Gasteiger partial charge in [-0.2, -0.15) is 5.10 Å². The molecule has 0 aliphatic heterocycles. The maximum atomic E-state index is 11.8. The number of hydrogen-bond donors (Lipinski definition) is 1. The van der Waals surface area contributed by atoms with Gasteiger partial charge in [0.1, 0.15) is 11.5 Å². The predicted molar refractivity (Wildman–Crippen MR) is 85.8 cm³/mol. The molecule has 1 aromatic carbocycles. The van der Waals surface area contributed by atoms with Crippen LogP contribution < -0.4 is 14.9 Å². The summed E-state index contributed by atoms with van der Waals surface area (Å²) >= 11 is 1.52. The van der Waals surface area contributed by atoms with Crippen LogP contribution in [0.25, 0.3) is 0 Å². The molecule has 0 radical (unpaired) electrons. The number of methoxy groups -OCH3 is 2. The van der Waals surface area contributed by atoms with Crippen LogP contribution in [-0.2, 0) is 11.2 Å². The Hall–Kier alpha value is -2.41. The summed E-state index contributed by atoms with van der Waals surface area (Å²) in [6.45, 7) is 1.90. The summed E-state index contributed by atoms with van der Waals surface area (Å²) < 4.78 is 10.4. The van der Waals surface area contributed by atoms with Crippen LogP contribution in [0.15, 0.2) is 28.7 Å². The van der Waals surface area contributed by atoms with Crippen LogP contribution in [0.2, 0.25) is 0 Å². The van der Waals surface area contributed by atoms with E-state index in [0.717, 1.165) is 16.3 Å². The molecule has 1 amide bonds. The molecule has 0 aliphatic carbocycles. The first kappa shape index (κ1) is 16.0. The fourth-order valence-corrected chi connectivity index (χ4v) is 2.40. The third-order valence-electron chi connectivity index (χ3n) is 2.84. The fraction of sp³-hybridized carbons (Fsp3) is 0.267. The minimum absolute atomic E-state index is 0.210. The van der Waals surface area contributed by atoms with Gasteiger partial charge in [-0.05, 0) is 19.1 Å². The van der Waals surface area contributed by atoms with Gasteiger partial charge in [0.25, 0.3) is 0 Å². The molecule has 7 heteroatoms. The number of amides is 1. The minimum Gasteiger partial charge on any atom is -0.497 e. The van der Waals surface area contributed by atoms with Gasteiger partial charge in [-0.15, -0.1) is 11.3 Å². The summed E-state index contributed by atoms with van der Waals surface area (Å²) in [5.74, 6) is 1.10. The maximum absolute atomic E-state index is 11.8. The Bertz CT molecular complexity index is 682. The van der Waals surface area contributed by atoms with Crippen molar-refractivity contribution < 1.29 is 14.3 Å². The van der Waals surface area contributed by atoms with E-state index < -0.39 is 0 Å². The number of carbonyl (C=O) groups is 1. The predicted octanol–water partition coefficient (Wildman–Crippen LogP) is 2.16. The van der Waals surface area contributed by atoms with Gasteiger partial charge in [0.05, 0.1) is 37.6 Å². The Morgan fingerprint density at radius 1 is 1.41 bits per heavy atom. The minimum atomic E-state index is -0.214. The van der Waals surface area contributed by atoms with Crippen LogP contribution in [-0.4, -0.2) is 31.3 Å². The van der Waals surface area contributed by atoms with Crippen LogP contribution >= 0.6 is 11.3 Å². The summed E-state index contributed by atoms with van der Waals surface area (Å²) in [5, 5.41) is 6.74. The molecule has 22 heavy (non-hydrogen) atoms. The van der Waals surface area contributed by atoms with E-state index in [1.807, 2.05) is 12.3 Å². The molecule has 6 nitrogen and oxygen atoms in total. The van der Waals surface area contributed by atoms with Crippen LogP contribution in [0.3, 0.4) is 0 Å². The smallest absolute Gasteiger partial charge is 0.246 e. The molecule has 0 bridgehead atoms. The highest BCUT2D eigenvalue weighted by molar-refractivity contribution is 7.09. The van der Waals surface area contributed by atoms with E-state index in [4.69, 9.17) is 9.47 Å². The van der Waals surface area contributed by atoms with Gasteiger partial charge >= 0.3 is 0 Å². The summed E-state index contributed by atoms with van der Waals surface area (Å²) in [7, 11) is 3.15. The molecule has 0 atom stereocenters. The number of nitrogens with zero attached hydrogens (tertiary/aromatic N) is 2. The van der Waals surface area contributed by atoms with Crippen molar-refractivity contribution in [3.8, 4) is 11.5 Å². The highest BCUT2D eigenvalue weighted by Gasteiger charge is 2.06. The summed E-state index contributed by atoms with van der Waals surface area (Å²) in [5.41, 5.74) is 3.97. The molecule has 0 saturated carbocycles. The van der Waals surface area contributed by atoms with Crippen molar-refractivity contribution in [2.45, 2.75) is 13.3 Å². The first-order valence-corrected chi connectivity index (χ1v) is 7.45. The van der Waals surface area contributed by atoms with Crippen molar-refractivity contribution in [1.82, 2.24) is 10.4 Å². The van der Waals surface area contributed by atoms with Gasteiger partial charge < -0.3 is 9.47 Å². The van der Waals surface area contributed by atoms with E-state index >= 15 is 0 Å². The molecule has 1 N–H and O–H groups in total. The van der Waals surface area contributed by atoms with Gasteiger partial charge in [0.2, 0.25) is 5.91 Å². The first-order valence-electron chi connectivity index (χ1n) is 6.57. The Morgan fingerprint density at radius 3 is 2.86 bits per heavy atom. The van der Waals surface area contributed by atoms with Gasteiger partial charge in [-0.25, -0.2) is 10.4 Å². The molecule has 1 aromatic heterocycles. The Balaban J connectivity index is 1.95. The second kappa shape index (κ2) is 7.56. The zero-order valence-electron chi connectivity index (χ0n) is 12.6. The molecule has 1 heterocycles. The van der Waals surface area contributed by atoms with Crippen LogP contribution in [0, 0.1) is 6.92 Å². The van der Waals surface area contributed by atoms with Crippen molar-refractivity contribution >= 4 is 23.5 Å². The Kier molecular flexibility index (Phi) is 5.48. The first-order chi connectivity index (χ1) is 10.6. The monoisotopic (exact) mass is 319 g/mol. The highest BCUT2D eigenvalue weighted by Crippen LogP contribution is 2.22. The molecule has 0 fully saturated rings. The number of hydrazone groups is 1. The average molecular weight is 319 g/mol. The molecule has 0 unspecified atom stereocenters. The Labute approximate surface area is 132 Å². The van der Waals surface area contributed by atoms with Crippen LogP contribution in [0.4, 0.5) is 0 Å². The molecule has 116 valence electrons. The van der Waals surface area contributed by atoms with Crippen molar-refractivity contribution in [2.75, 3.05) is 14.2 Å². The van der Waals surface area contributed by atoms with Crippen molar-refractivity contribution in [3.63, 3.8) is 0 Å².